The number of alkyl halides is 6. The van der Waals surface area contributed by atoms with Crippen LogP contribution in [-0.4, -0.2) is 54.9 Å². The van der Waals surface area contributed by atoms with E-state index in [1.54, 1.807) is 19.2 Å². The number of carbonyl (C=O) groups is 1. The van der Waals surface area contributed by atoms with E-state index in [9.17, 15) is 35.9 Å². The average Bonchev–Trinajstić information content (AvgIpc) is 3.50. The molecule has 1 unspecified atom stereocenters. The number of aromatic amines is 1. The van der Waals surface area contributed by atoms with Gasteiger partial charge in [0.05, 0.1) is 12.3 Å². The molecular formula is C23H22F7N7O3. The van der Waals surface area contributed by atoms with Gasteiger partial charge in [0.15, 0.2) is 5.54 Å². The molecule has 1 atom stereocenters. The summed E-state index contributed by atoms with van der Waals surface area (Å²) in [6.45, 7) is 3.05. The van der Waals surface area contributed by atoms with Gasteiger partial charge >= 0.3 is 18.0 Å². The minimum Gasteiger partial charge on any atom is -0.493 e. The fourth-order valence-electron chi connectivity index (χ4n) is 4.23. The molecule has 17 heteroatoms. The van der Waals surface area contributed by atoms with Gasteiger partial charge in [-0.3, -0.25) is 9.48 Å². The standard InChI is InChI=1S/C23H22F7N7O3/c1-12(2)36-8-6-17(33-36)14-11-21(23(28,29)30,31-19(38)18(14)37-20(39)32-34-35-37)15-5-4-13(10-16(15)24)40-9-3-7-22(25,26)27/h4-6,8,10,12H,3,7,9,11H2,1-2H3,(H,31,38)(H,32,35,39). The van der Waals surface area contributed by atoms with Crippen LogP contribution in [0.2, 0.25) is 0 Å². The lowest BCUT2D eigenvalue weighted by atomic mass is 9.78. The number of rotatable bonds is 8. The molecule has 0 fully saturated rings. The molecule has 0 aliphatic carbocycles. The van der Waals surface area contributed by atoms with Gasteiger partial charge in [-0.2, -0.15) is 36.1 Å². The second kappa shape index (κ2) is 10.4. The van der Waals surface area contributed by atoms with Gasteiger partial charge in [0.25, 0.3) is 5.91 Å². The summed E-state index contributed by atoms with van der Waals surface area (Å²) in [4.78, 5) is 25.5. The maximum atomic E-state index is 15.3. The Morgan fingerprint density at radius 2 is 1.85 bits per heavy atom. The molecule has 40 heavy (non-hydrogen) atoms. The van der Waals surface area contributed by atoms with Crippen LogP contribution in [0.25, 0.3) is 11.3 Å². The molecule has 1 aliphatic rings. The molecule has 2 aromatic heterocycles. The van der Waals surface area contributed by atoms with E-state index in [1.807, 2.05) is 5.10 Å². The summed E-state index contributed by atoms with van der Waals surface area (Å²) in [5.74, 6) is -3.13. The molecule has 0 saturated carbocycles. The van der Waals surface area contributed by atoms with Crippen molar-refractivity contribution in [3.8, 4) is 5.75 Å². The molecule has 3 aromatic rings. The fourth-order valence-corrected chi connectivity index (χ4v) is 4.23. The van der Waals surface area contributed by atoms with E-state index in [0.29, 0.717) is 10.7 Å². The number of amides is 1. The van der Waals surface area contributed by atoms with Gasteiger partial charge < -0.3 is 10.1 Å². The molecule has 0 saturated heterocycles. The predicted octanol–water partition coefficient (Wildman–Crippen LogP) is 3.95. The van der Waals surface area contributed by atoms with Crippen molar-refractivity contribution in [1.29, 1.82) is 0 Å². The van der Waals surface area contributed by atoms with Crippen molar-refractivity contribution in [2.24, 2.45) is 0 Å². The van der Waals surface area contributed by atoms with Crippen molar-refractivity contribution in [1.82, 2.24) is 35.3 Å². The van der Waals surface area contributed by atoms with Crippen LogP contribution in [0.5, 0.6) is 5.75 Å². The third-order valence-corrected chi connectivity index (χ3v) is 6.16. The second-order valence-corrected chi connectivity index (χ2v) is 9.26. The maximum Gasteiger partial charge on any atom is 0.416 e. The molecule has 1 amide bonds. The number of benzene rings is 1. The normalized spacial score (nSPS) is 18.4. The van der Waals surface area contributed by atoms with Crippen LogP contribution in [0.4, 0.5) is 30.7 Å². The van der Waals surface area contributed by atoms with E-state index in [2.05, 4.69) is 15.5 Å². The summed E-state index contributed by atoms with van der Waals surface area (Å²) >= 11 is 0. The molecule has 216 valence electrons. The smallest absolute Gasteiger partial charge is 0.416 e. The molecule has 10 nitrogen and oxygen atoms in total. The number of tetrazole rings is 1. The highest BCUT2D eigenvalue weighted by Gasteiger charge is 2.61. The van der Waals surface area contributed by atoms with Crippen molar-refractivity contribution < 1.29 is 40.3 Å². The minimum atomic E-state index is -5.27. The first-order chi connectivity index (χ1) is 18.6. The van der Waals surface area contributed by atoms with Gasteiger partial charge in [0.2, 0.25) is 0 Å². The highest BCUT2D eigenvalue weighted by molar-refractivity contribution is 6.22. The highest BCUT2D eigenvalue weighted by Crippen LogP contribution is 2.49. The number of ether oxygens (including phenoxy) is 1. The molecule has 2 N–H and O–H groups in total. The third-order valence-electron chi connectivity index (χ3n) is 6.16. The summed E-state index contributed by atoms with van der Waals surface area (Å²) in [6, 6.07) is 3.42. The van der Waals surface area contributed by atoms with Gasteiger partial charge in [-0.15, -0.1) is 0 Å². The number of hydrogen-bond acceptors (Lipinski definition) is 6. The lowest BCUT2D eigenvalue weighted by molar-refractivity contribution is -0.202. The molecule has 3 heterocycles. The summed E-state index contributed by atoms with van der Waals surface area (Å²) in [5.41, 5.74) is -6.35. The quantitative estimate of drug-likeness (QED) is 0.309. The van der Waals surface area contributed by atoms with E-state index >= 15 is 4.39 Å². The summed E-state index contributed by atoms with van der Waals surface area (Å²) < 4.78 is 104. The summed E-state index contributed by atoms with van der Waals surface area (Å²) in [7, 11) is 0. The number of hydrogen-bond donors (Lipinski definition) is 2. The Kier molecular flexibility index (Phi) is 7.51. The van der Waals surface area contributed by atoms with E-state index in [-0.39, 0.29) is 23.1 Å². The molecule has 0 spiro atoms. The third kappa shape index (κ3) is 5.58. The fraction of sp³-hybridized carbons (Fsp3) is 0.435. The molecule has 0 radical (unpaired) electrons. The van der Waals surface area contributed by atoms with Gasteiger partial charge in [-0.05, 0) is 48.9 Å². The Morgan fingerprint density at radius 1 is 1.12 bits per heavy atom. The van der Waals surface area contributed by atoms with Crippen LogP contribution in [0.1, 0.15) is 50.4 Å². The van der Waals surface area contributed by atoms with Crippen LogP contribution >= 0.6 is 0 Å². The predicted molar refractivity (Wildman–Crippen MR) is 124 cm³/mol. The number of halogens is 7. The lowest BCUT2D eigenvalue weighted by Crippen LogP contribution is -2.59. The van der Waals surface area contributed by atoms with Gasteiger partial charge in [0, 0.05) is 42.3 Å². The molecular weight excluding hydrogens is 555 g/mol. The Balaban J connectivity index is 1.79. The van der Waals surface area contributed by atoms with Crippen molar-refractivity contribution in [2.45, 2.75) is 57.0 Å². The van der Waals surface area contributed by atoms with E-state index in [4.69, 9.17) is 4.74 Å². The Bertz CT molecular complexity index is 1490. The number of aromatic nitrogens is 6. The van der Waals surface area contributed by atoms with Crippen LogP contribution in [0, 0.1) is 5.82 Å². The van der Waals surface area contributed by atoms with Crippen molar-refractivity contribution in [3.63, 3.8) is 0 Å². The molecule has 0 bridgehead atoms. The number of nitrogens with zero attached hydrogens (tertiary/aromatic N) is 5. The minimum absolute atomic E-state index is 0.0906. The Hall–Kier alpha value is -4.18. The first-order valence-electron chi connectivity index (χ1n) is 11.8. The largest absolute Gasteiger partial charge is 0.493 e. The van der Waals surface area contributed by atoms with Crippen LogP contribution in [0.3, 0.4) is 0 Å². The van der Waals surface area contributed by atoms with E-state index in [0.717, 1.165) is 12.1 Å². The molecule has 1 aliphatic heterocycles. The zero-order valence-electron chi connectivity index (χ0n) is 20.9. The summed E-state index contributed by atoms with van der Waals surface area (Å²) in [5, 5.41) is 14.8. The van der Waals surface area contributed by atoms with Gasteiger partial charge in [0.1, 0.15) is 17.3 Å². The van der Waals surface area contributed by atoms with Crippen molar-refractivity contribution >= 4 is 17.2 Å². The van der Waals surface area contributed by atoms with Gasteiger partial charge in [-0.25, -0.2) is 14.3 Å². The van der Waals surface area contributed by atoms with E-state index < -0.39 is 72.4 Å². The van der Waals surface area contributed by atoms with Crippen molar-refractivity contribution in [3.05, 3.63) is 58.0 Å². The first-order valence-corrected chi connectivity index (χ1v) is 11.8. The van der Waals surface area contributed by atoms with Gasteiger partial charge in [-0.1, -0.05) is 0 Å². The van der Waals surface area contributed by atoms with Crippen LogP contribution in [-0.2, 0) is 10.3 Å². The Morgan fingerprint density at radius 3 is 2.40 bits per heavy atom. The zero-order chi connectivity index (χ0) is 29.5. The Labute approximate surface area is 220 Å². The SMILES string of the molecule is CC(C)n1ccc(C2=C(n3nn[nH]c3=O)C(=O)NC(c3ccc(OCCCC(F)(F)F)cc3F)(C(F)(F)F)C2)n1. The molecule has 4 rings (SSSR count). The van der Waals surface area contributed by atoms with Crippen molar-refractivity contribution in [2.75, 3.05) is 6.61 Å². The highest BCUT2D eigenvalue weighted by atomic mass is 19.4. The van der Waals surface area contributed by atoms with Crippen LogP contribution in [0.15, 0.2) is 35.3 Å². The number of carbonyl (C=O) groups excluding carboxylic acids is 1. The second-order valence-electron chi connectivity index (χ2n) is 9.26. The maximum absolute atomic E-state index is 15.3. The topological polar surface area (TPSA) is 120 Å². The lowest BCUT2D eigenvalue weighted by Gasteiger charge is -2.41. The number of H-pyrrole nitrogens is 1. The monoisotopic (exact) mass is 577 g/mol. The zero-order valence-corrected chi connectivity index (χ0v) is 20.9. The number of nitrogens with one attached hydrogen (secondary N) is 2. The summed E-state index contributed by atoms with van der Waals surface area (Å²) in [6.07, 6.45) is -10.9. The van der Waals surface area contributed by atoms with Crippen LogP contribution < -0.4 is 15.7 Å². The first kappa shape index (κ1) is 28.8. The molecule has 1 aromatic carbocycles. The average molecular weight is 577 g/mol. The van der Waals surface area contributed by atoms with E-state index in [1.165, 1.54) is 16.9 Å².